The van der Waals surface area contributed by atoms with Crippen LogP contribution >= 0.6 is 0 Å². The monoisotopic (exact) mass is 434 g/mol. The lowest BCUT2D eigenvalue weighted by Gasteiger charge is -2.42. The van der Waals surface area contributed by atoms with Gasteiger partial charge in [0, 0.05) is 46.4 Å². The number of ether oxygens (including phenoxy) is 1. The lowest BCUT2D eigenvalue weighted by molar-refractivity contribution is 0.151. The van der Waals surface area contributed by atoms with Crippen LogP contribution in [0.1, 0.15) is 11.7 Å². The summed E-state index contributed by atoms with van der Waals surface area (Å²) in [6.07, 6.45) is 4.14. The van der Waals surface area contributed by atoms with Crippen molar-refractivity contribution in [3.05, 3.63) is 24.2 Å². The van der Waals surface area contributed by atoms with Gasteiger partial charge in [-0.2, -0.15) is 13.6 Å². The molecule has 0 aromatic carbocycles. The van der Waals surface area contributed by atoms with Crippen LogP contribution in [0, 0.1) is 0 Å². The van der Waals surface area contributed by atoms with Gasteiger partial charge in [-0.05, 0) is 0 Å². The predicted molar refractivity (Wildman–Crippen MR) is 96.0 cm³/mol. The van der Waals surface area contributed by atoms with Crippen molar-refractivity contribution < 1.29 is 26.1 Å². The number of imidazole rings is 1. The summed E-state index contributed by atoms with van der Waals surface area (Å²) in [6.45, 7) is 0.416. The van der Waals surface area contributed by atoms with E-state index in [1.165, 1.54) is 32.8 Å². The van der Waals surface area contributed by atoms with Crippen LogP contribution in [-0.2, 0) is 44.9 Å². The summed E-state index contributed by atoms with van der Waals surface area (Å²) >= 11 is 0. The predicted octanol–water partition coefficient (Wildman–Crippen LogP) is -1.17. The van der Waals surface area contributed by atoms with Crippen LogP contribution in [0.5, 0.6) is 0 Å². The fourth-order valence-corrected chi connectivity index (χ4v) is 5.43. The van der Waals surface area contributed by atoms with Gasteiger partial charge in [0.15, 0.2) is 10.9 Å². The Kier molecular flexibility index (Phi) is 5.86. The average Bonchev–Trinajstić information content (AvgIpc) is 3.17. The molecule has 0 aliphatic carbocycles. The number of methoxy groups -OCH3 is 1. The summed E-state index contributed by atoms with van der Waals surface area (Å²) in [5.74, 6) is 0.665. The van der Waals surface area contributed by atoms with Crippen molar-refractivity contribution in [3.63, 3.8) is 0 Å². The Labute approximate surface area is 163 Å². The van der Waals surface area contributed by atoms with E-state index < -0.39 is 26.1 Å². The summed E-state index contributed by atoms with van der Waals surface area (Å²) in [5, 5.41) is 3.73. The number of rotatable bonds is 9. The molecule has 3 rings (SSSR count). The molecule has 28 heavy (non-hydrogen) atoms. The molecule has 12 nitrogen and oxygen atoms in total. The molecule has 0 atom stereocenters. The molecule has 0 unspecified atom stereocenters. The van der Waals surface area contributed by atoms with Crippen molar-refractivity contribution in [3.8, 4) is 0 Å². The van der Waals surface area contributed by atoms with E-state index >= 15 is 0 Å². The highest BCUT2D eigenvalue weighted by atomic mass is 32.2. The van der Waals surface area contributed by atoms with Gasteiger partial charge in [0.1, 0.15) is 6.61 Å². The van der Waals surface area contributed by atoms with Crippen molar-refractivity contribution in [1.29, 1.82) is 0 Å². The number of hydrogen-bond acceptors (Lipinski definition) is 9. The first-order valence-corrected chi connectivity index (χ1v) is 11.7. The van der Waals surface area contributed by atoms with Crippen LogP contribution < -0.4 is 0 Å². The van der Waals surface area contributed by atoms with Crippen LogP contribution in [-0.4, -0.2) is 84.2 Å². The first-order valence-electron chi connectivity index (χ1n) is 8.36. The van der Waals surface area contributed by atoms with Crippen LogP contribution in [0.2, 0.25) is 0 Å². The van der Waals surface area contributed by atoms with Crippen molar-refractivity contribution >= 4 is 20.0 Å². The number of nitrogens with zero attached hydrogens (tertiary/aromatic N) is 6. The average molecular weight is 435 g/mol. The van der Waals surface area contributed by atoms with Crippen LogP contribution in [0.15, 0.2) is 22.1 Å². The Morgan fingerprint density at radius 2 is 2.04 bits per heavy atom. The smallest absolute Gasteiger partial charge is 0.262 e. The maximum absolute atomic E-state index is 12.5. The van der Waals surface area contributed by atoms with E-state index in [2.05, 4.69) is 15.1 Å². The molecule has 0 saturated carbocycles. The minimum absolute atomic E-state index is 0.0585. The number of hydrogen-bond donors (Lipinski definition) is 0. The highest BCUT2D eigenvalue weighted by Gasteiger charge is 2.43. The normalized spacial score (nSPS) is 16.6. The van der Waals surface area contributed by atoms with Gasteiger partial charge in [0.2, 0.25) is 10.0 Å². The maximum Gasteiger partial charge on any atom is 0.262 e. The van der Waals surface area contributed by atoms with Crippen LogP contribution in [0.4, 0.5) is 0 Å². The first kappa shape index (κ1) is 20.9. The zero-order chi connectivity index (χ0) is 20.5. The lowest BCUT2D eigenvalue weighted by Crippen LogP contribution is -2.62. The largest absolute Gasteiger partial charge is 0.375 e. The third kappa shape index (κ3) is 4.41. The Morgan fingerprint density at radius 1 is 1.32 bits per heavy atom. The molecule has 156 valence electrons. The number of aromatic nitrogens is 4. The standard InChI is InChI=1S/C14H22N6O6S2/c1-18-8-14(15-10-18)28(23,24)19-6-11(7-19)20(27(3,21)22)5-4-12-16-13(9-25-2)26-17-12/h8,10-11H,4-7,9H2,1-3H3. The fourth-order valence-electron chi connectivity index (χ4n) is 2.85. The van der Waals surface area contributed by atoms with Crippen LogP contribution in [0.25, 0.3) is 0 Å². The molecule has 0 bridgehead atoms. The molecule has 3 heterocycles. The first-order chi connectivity index (χ1) is 13.1. The molecule has 1 aliphatic rings. The zero-order valence-corrected chi connectivity index (χ0v) is 17.3. The van der Waals surface area contributed by atoms with Gasteiger partial charge in [-0.1, -0.05) is 5.16 Å². The second kappa shape index (κ2) is 7.87. The Bertz CT molecular complexity index is 1020. The van der Waals surface area contributed by atoms with Gasteiger partial charge in [0.25, 0.3) is 15.9 Å². The molecule has 0 spiro atoms. The molecule has 1 fully saturated rings. The fraction of sp³-hybridized carbons (Fsp3) is 0.643. The van der Waals surface area contributed by atoms with Gasteiger partial charge in [-0.25, -0.2) is 21.8 Å². The summed E-state index contributed by atoms with van der Waals surface area (Å²) in [5.41, 5.74) is 0. The van der Waals surface area contributed by atoms with Crippen molar-refractivity contribution in [2.24, 2.45) is 7.05 Å². The Hall–Kier alpha value is -1.87. The summed E-state index contributed by atoms with van der Waals surface area (Å²) < 4.78 is 63.3. The molecule has 0 radical (unpaired) electrons. The van der Waals surface area contributed by atoms with E-state index in [4.69, 9.17) is 9.26 Å². The Balaban J connectivity index is 1.64. The highest BCUT2D eigenvalue weighted by Crippen LogP contribution is 2.25. The molecule has 0 amide bonds. The van der Waals surface area contributed by atoms with E-state index in [-0.39, 0.29) is 37.7 Å². The molecule has 2 aromatic rings. The van der Waals surface area contributed by atoms with Crippen LogP contribution in [0.3, 0.4) is 0 Å². The van der Waals surface area contributed by atoms with E-state index in [9.17, 15) is 16.8 Å². The minimum atomic E-state index is -3.74. The summed E-state index contributed by atoms with van der Waals surface area (Å²) in [4.78, 5) is 7.98. The molecule has 1 aliphatic heterocycles. The number of sulfonamides is 2. The molecule has 0 N–H and O–H groups in total. The zero-order valence-electron chi connectivity index (χ0n) is 15.7. The van der Waals surface area contributed by atoms with Crippen molar-refractivity contribution in [2.75, 3.05) is 33.0 Å². The summed E-state index contributed by atoms with van der Waals surface area (Å²) in [7, 11) is -4.11. The quantitative estimate of drug-likeness (QED) is 0.477. The molecular weight excluding hydrogens is 412 g/mol. The van der Waals surface area contributed by atoms with E-state index in [0.29, 0.717) is 11.7 Å². The van der Waals surface area contributed by atoms with E-state index in [1.54, 1.807) is 7.05 Å². The maximum atomic E-state index is 12.5. The van der Waals surface area contributed by atoms with E-state index in [0.717, 1.165) is 6.26 Å². The van der Waals surface area contributed by atoms with Gasteiger partial charge >= 0.3 is 0 Å². The Morgan fingerprint density at radius 3 is 2.61 bits per heavy atom. The molecule has 1 saturated heterocycles. The SMILES string of the molecule is COCc1nc(CCN(C2CN(S(=O)(=O)c3cn(C)cn3)C2)S(C)(=O)=O)no1. The van der Waals surface area contributed by atoms with Gasteiger partial charge in [0.05, 0.1) is 18.6 Å². The molecule has 14 heteroatoms. The van der Waals surface area contributed by atoms with Gasteiger partial charge < -0.3 is 13.8 Å². The third-order valence-corrected chi connectivity index (χ3v) is 7.33. The lowest BCUT2D eigenvalue weighted by atomic mass is 10.2. The highest BCUT2D eigenvalue weighted by molar-refractivity contribution is 7.89. The second-order valence-electron chi connectivity index (χ2n) is 6.51. The van der Waals surface area contributed by atoms with E-state index in [1.807, 2.05) is 0 Å². The topological polar surface area (TPSA) is 141 Å². The van der Waals surface area contributed by atoms with Crippen molar-refractivity contribution in [1.82, 2.24) is 28.3 Å². The minimum Gasteiger partial charge on any atom is -0.375 e. The number of aryl methyl sites for hydroxylation is 1. The van der Waals surface area contributed by atoms with Crippen molar-refractivity contribution in [2.45, 2.75) is 24.1 Å². The molecule has 2 aromatic heterocycles. The van der Waals surface area contributed by atoms with Gasteiger partial charge in [-0.3, -0.25) is 0 Å². The second-order valence-corrected chi connectivity index (χ2v) is 10.3. The van der Waals surface area contributed by atoms with Gasteiger partial charge in [-0.15, -0.1) is 0 Å². The third-order valence-electron chi connectivity index (χ3n) is 4.28. The summed E-state index contributed by atoms with van der Waals surface area (Å²) in [6, 6.07) is -0.459. The molecular formula is C14H22N6O6S2.